The topological polar surface area (TPSA) is 54.5 Å². The molecular weight excluding hydrogens is 254 g/mol. The fraction of sp³-hybridized carbons (Fsp3) is 0.600. The molecule has 108 valence electrons. The molecule has 2 aliphatic rings. The second-order valence-electron chi connectivity index (χ2n) is 5.66. The lowest BCUT2D eigenvalue weighted by molar-refractivity contribution is -0.183. The Balaban J connectivity index is 1.79. The molecule has 0 aliphatic carbocycles. The third-order valence-corrected chi connectivity index (χ3v) is 4.56. The van der Waals surface area contributed by atoms with E-state index in [1.165, 1.54) is 0 Å². The maximum Gasteiger partial charge on any atom is 0.249 e. The molecule has 2 saturated heterocycles. The van der Waals surface area contributed by atoms with Crippen molar-refractivity contribution in [1.29, 1.82) is 0 Å². The van der Waals surface area contributed by atoms with Crippen LogP contribution in [0.5, 0.6) is 0 Å². The van der Waals surface area contributed by atoms with E-state index in [0.29, 0.717) is 6.54 Å². The second kappa shape index (κ2) is 5.50. The zero-order valence-electron chi connectivity index (χ0n) is 11.8. The Hall–Kier alpha value is -1.46. The molecule has 1 aromatic rings. The Morgan fingerprint density at radius 3 is 3.00 bits per heavy atom. The van der Waals surface area contributed by atoms with Gasteiger partial charge in [0.1, 0.15) is 6.61 Å². The van der Waals surface area contributed by atoms with Crippen molar-refractivity contribution in [3.05, 3.63) is 30.1 Å². The van der Waals surface area contributed by atoms with Crippen molar-refractivity contribution < 1.29 is 9.53 Å². The summed E-state index contributed by atoms with van der Waals surface area (Å²) in [4.78, 5) is 18.3. The number of carbonyl (C=O) groups is 1. The maximum atomic E-state index is 12.2. The summed E-state index contributed by atoms with van der Waals surface area (Å²) in [6.07, 6.45) is 5.50. The maximum absolute atomic E-state index is 12.2. The van der Waals surface area contributed by atoms with Gasteiger partial charge >= 0.3 is 0 Å². The van der Waals surface area contributed by atoms with E-state index in [9.17, 15) is 4.79 Å². The van der Waals surface area contributed by atoms with Gasteiger partial charge in [-0.15, -0.1) is 0 Å². The van der Waals surface area contributed by atoms with Gasteiger partial charge in [-0.1, -0.05) is 6.07 Å². The summed E-state index contributed by atoms with van der Waals surface area (Å²) in [5, 5.41) is 3.36. The standard InChI is InChI=1S/C15H21N3O2/c1-12-15(4-7-16-8-5-15)20-11-14(19)18(12)10-13-3-2-6-17-9-13/h2-3,6,9,12,16H,4-5,7-8,10-11H2,1H3/t12-/m0/s1. The van der Waals surface area contributed by atoms with Crippen LogP contribution in [0, 0.1) is 0 Å². The average molecular weight is 275 g/mol. The number of carbonyl (C=O) groups excluding carboxylic acids is 1. The lowest BCUT2D eigenvalue weighted by Crippen LogP contribution is -2.63. The van der Waals surface area contributed by atoms with Crippen LogP contribution in [0.25, 0.3) is 0 Å². The van der Waals surface area contributed by atoms with Gasteiger partial charge in [0.15, 0.2) is 0 Å². The Morgan fingerprint density at radius 2 is 2.30 bits per heavy atom. The number of rotatable bonds is 2. The molecule has 3 heterocycles. The van der Waals surface area contributed by atoms with Crippen molar-refractivity contribution in [3.63, 3.8) is 0 Å². The predicted octanol–water partition coefficient (Wildman–Crippen LogP) is 0.951. The van der Waals surface area contributed by atoms with Crippen molar-refractivity contribution >= 4 is 5.91 Å². The van der Waals surface area contributed by atoms with Crippen LogP contribution in [0.2, 0.25) is 0 Å². The Kier molecular flexibility index (Phi) is 3.72. The molecule has 0 radical (unpaired) electrons. The van der Waals surface area contributed by atoms with E-state index in [1.54, 1.807) is 6.20 Å². The monoisotopic (exact) mass is 275 g/mol. The molecule has 1 amide bonds. The summed E-state index contributed by atoms with van der Waals surface area (Å²) < 4.78 is 5.95. The van der Waals surface area contributed by atoms with Crippen molar-refractivity contribution in [3.8, 4) is 0 Å². The number of aromatic nitrogens is 1. The van der Waals surface area contributed by atoms with Gasteiger partial charge in [0.25, 0.3) is 0 Å². The van der Waals surface area contributed by atoms with Crippen LogP contribution in [-0.4, -0.2) is 47.1 Å². The van der Waals surface area contributed by atoms with E-state index in [-0.39, 0.29) is 24.2 Å². The van der Waals surface area contributed by atoms with E-state index < -0.39 is 0 Å². The highest BCUT2D eigenvalue weighted by Crippen LogP contribution is 2.34. The van der Waals surface area contributed by atoms with Gasteiger partial charge < -0.3 is 15.0 Å². The number of nitrogens with zero attached hydrogens (tertiary/aromatic N) is 2. The van der Waals surface area contributed by atoms with Gasteiger partial charge in [-0.3, -0.25) is 9.78 Å². The molecule has 5 nitrogen and oxygen atoms in total. The first-order valence-electron chi connectivity index (χ1n) is 7.24. The number of amides is 1. The first-order valence-corrected chi connectivity index (χ1v) is 7.24. The van der Waals surface area contributed by atoms with E-state index in [1.807, 2.05) is 23.2 Å². The van der Waals surface area contributed by atoms with Crippen LogP contribution < -0.4 is 5.32 Å². The molecule has 20 heavy (non-hydrogen) atoms. The molecule has 0 saturated carbocycles. The summed E-state index contributed by atoms with van der Waals surface area (Å²) in [6, 6.07) is 4.02. The molecule has 2 aliphatic heterocycles. The SMILES string of the molecule is C[C@@H]1N(Cc2cccnc2)C(=O)COC12CCNCC2. The summed E-state index contributed by atoms with van der Waals surface area (Å²) in [5.74, 6) is 0.0745. The zero-order valence-corrected chi connectivity index (χ0v) is 11.8. The summed E-state index contributed by atoms with van der Waals surface area (Å²) in [5.41, 5.74) is 0.889. The van der Waals surface area contributed by atoms with Gasteiger partial charge in [-0.05, 0) is 44.5 Å². The number of piperidine rings is 1. The highest BCUT2D eigenvalue weighted by molar-refractivity contribution is 5.78. The minimum Gasteiger partial charge on any atom is -0.363 e. The summed E-state index contributed by atoms with van der Waals surface area (Å²) >= 11 is 0. The molecule has 1 atom stereocenters. The van der Waals surface area contributed by atoms with Crippen molar-refractivity contribution in [2.45, 2.75) is 38.0 Å². The van der Waals surface area contributed by atoms with Crippen LogP contribution in [0.1, 0.15) is 25.3 Å². The Morgan fingerprint density at radius 1 is 1.50 bits per heavy atom. The van der Waals surface area contributed by atoms with Gasteiger partial charge in [0, 0.05) is 18.9 Å². The predicted molar refractivity (Wildman–Crippen MR) is 75.0 cm³/mol. The van der Waals surface area contributed by atoms with Crippen LogP contribution in [0.4, 0.5) is 0 Å². The fourth-order valence-electron chi connectivity index (χ4n) is 3.23. The molecule has 0 bridgehead atoms. The largest absolute Gasteiger partial charge is 0.363 e. The number of hydrogen-bond donors (Lipinski definition) is 1. The van der Waals surface area contributed by atoms with Crippen molar-refractivity contribution in [1.82, 2.24) is 15.2 Å². The van der Waals surface area contributed by atoms with Crippen LogP contribution in [0.3, 0.4) is 0 Å². The molecule has 1 N–H and O–H groups in total. The minimum atomic E-state index is -0.179. The van der Waals surface area contributed by atoms with Crippen LogP contribution in [0.15, 0.2) is 24.5 Å². The first-order chi connectivity index (χ1) is 9.71. The highest BCUT2D eigenvalue weighted by Gasteiger charge is 2.46. The molecule has 1 spiro atoms. The first kappa shape index (κ1) is 13.5. The fourth-order valence-corrected chi connectivity index (χ4v) is 3.23. The number of hydrogen-bond acceptors (Lipinski definition) is 4. The van der Waals surface area contributed by atoms with Crippen LogP contribution in [-0.2, 0) is 16.1 Å². The Bertz CT molecular complexity index is 471. The summed E-state index contributed by atoms with van der Waals surface area (Å²) in [6.45, 7) is 4.84. The molecule has 5 heteroatoms. The van der Waals surface area contributed by atoms with E-state index in [0.717, 1.165) is 31.5 Å². The normalized spacial score (nSPS) is 25.9. The zero-order chi connectivity index (χ0) is 14.0. The van der Waals surface area contributed by atoms with Gasteiger partial charge in [-0.25, -0.2) is 0 Å². The minimum absolute atomic E-state index is 0.0745. The summed E-state index contributed by atoms with van der Waals surface area (Å²) in [7, 11) is 0. The third-order valence-electron chi connectivity index (χ3n) is 4.56. The van der Waals surface area contributed by atoms with Crippen LogP contribution >= 0.6 is 0 Å². The van der Waals surface area contributed by atoms with Gasteiger partial charge in [0.05, 0.1) is 11.6 Å². The van der Waals surface area contributed by atoms with E-state index in [4.69, 9.17) is 4.74 Å². The average Bonchev–Trinajstić information content (AvgIpc) is 2.50. The molecular formula is C15H21N3O2. The van der Waals surface area contributed by atoms with Gasteiger partial charge in [-0.2, -0.15) is 0 Å². The smallest absolute Gasteiger partial charge is 0.249 e. The quantitative estimate of drug-likeness (QED) is 0.873. The third kappa shape index (κ3) is 2.43. The Labute approximate surface area is 119 Å². The number of morpholine rings is 1. The van der Waals surface area contributed by atoms with E-state index >= 15 is 0 Å². The number of nitrogens with one attached hydrogen (secondary N) is 1. The number of ether oxygens (including phenoxy) is 1. The van der Waals surface area contributed by atoms with Crippen molar-refractivity contribution in [2.24, 2.45) is 0 Å². The molecule has 2 fully saturated rings. The lowest BCUT2D eigenvalue weighted by Gasteiger charge is -2.50. The molecule has 3 rings (SSSR count). The lowest BCUT2D eigenvalue weighted by atomic mass is 9.83. The second-order valence-corrected chi connectivity index (χ2v) is 5.66. The van der Waals surface area contributed by atoms with E-state index in [2.05, 4.69) is 17.2 Å². The molecule has 0 unspecified atom stereocenters. The highest BCUT2D eigenvalue weighted by atomic mass is 16.5. The molecule has 0 aromatic carbocycles. The number of pyridine rings is 1. The molecule has 1 aromatic heterocycles. The van der Waals surface area contributed by atoms with Gasteiger partial charge in [0.2, 0.25) is 5.91 Å². The van der Waals surface area contributed by atoms with Crippen molar-refractivity contribution in [2.75, 3.05) is 19.7 Å².